The molecular weight excluding hydrogens is 286 g/mol. The summed E-state index contributed by atoms with van der Waals surface area (Å²) < 4.78 is 28.3. The summed E-state index contributed by atoms with van der Waals surface area (Å²) in [5, 5.41) is 12.2. The molecule has 0 saturated carbocycles. The number of hydrogen-bond acceptors (Lipinski definition) is 3. The number of benzene rings is 2. The highest BCUT2D eigenvalue weighted by Crippen LogP contribution is 2.27. The highest BCUT2D eigenvalue weighted by Gasteiger charge is 2.05. The van der Waals surface area contributed by atoms with E-state index < -0.39 is 6.61 Å². The van der Waals surface area contributed by atoms with Crippen LogP contribution in [0.25, 0.3) is 0 Å². The minimum atomic E-state index is -2.85. The normalized spacial score (nSPS) is 10.2. The lowest BCUT2D eigenvalue weighted by Gasteiger charge is -2.10. The lowest BCUT2D eigenvalue weighted by Crippen LogP contribution is -2.01. The maximum atomic E-state index is 12.0. The second kappa shape index (κ2) is 6.22. The minimum Gasteiger partial charge on any atom is -0.435 e. The Hall–Kier alpha value is -2.32. The smallest absolute Gasteiger partial charge is 0.387 e. The van der Waals surface area contributed by atoms with Gasteiger partial charge in [-0.3, -0.25) is 0 Å². The van der Waals surface area contributed by atoms with E-state index in [2.05, 4.69) is 10.1 Å². The summed E-state index contributed by atoms with van der Waals surface area (Å²) in [7, 11) is 0. The Balaban J connectivity index is 2.12. The molecule has 0 fully saturated rings. The van der Waals surface area contributed by atoms with Crippen LogP contribution in [0.5, 0.6) is 5.75 Å². The Kier molecular flexibility index (Phi) is 4.38. The minimum absolute atomic E-state index is 0.0801. The summed E-state index contributed by atoms with van der Waals surface area (Å²) in [5.74, 6) is 0.0801. The molecule has 0 atom stereocenters. The van der Waals surface area contributed by atoms with Crippen LogP contribution in [0.15, 0.2) is 42.5 Å². The zero-order valence-corrected chi connectivity index (χ0v) is 10.9. The van der Waals surface area contributed by atoms with Gasteiger partial charge in [0, 0.05) is 5.69 Å². The van der Waals surface area contributed by atoms with E-state index in [0.717, 1.165) is 0 Å². The molecule has 0 aromatic heterocycles. The Bertz CT molecular complexity index is 639. The standard InChI is InChI=1S/C14H9ClF2N2O/c15-12-7-9(8-18)1-6-13(12)19-10-2-4-11(5-3-10)20-14(16)17/h1-7,14,19H. The van der Waals surface area contributed by atoms with Crippen molar-refractivity contribution in [3.63, 3.8) is 0 Å². The number of nitriles is 1. The molecule has 0 aliphatic heterocycles. The van der Waals surface area contributed by atoms with Gasteiger partial charge in [-0.2, -0.15) is 14.0 Å². The quantitative estimate of drug-likeness (QED) is 0.899. The van der Waals surface area contributed by atoms with E-state index in [1.54, 1.807) is 24.3 Å². The van der Waals surface area contributed by atoms with Crippen LogP contribution in [0, 0.1) is 11.3 Å². The first-order chi connectivity index (χ1) is 9.58. The van der Waals surface area contributed by atoms with Crippen molar-refractivity contribution in [3.05, 3.63) is 53.1 Å². The van der Waals surface area contributed by atoms with Crippen LogP contribution < -0.4 is 10.1 Å². The lowest BCUT2D eigenvalue weighted by molar-refractivity contribution is -0.0498. The molecule has 2 aromatic carbocycles. The molecule has 102 valence electrons. The van der Waals surface area contributed by atoms with Crippen LogP contribution in [0.4, 0.5) is 20.2 Å². The third-order valence-corrected chi connectivity index (χ3v) is 2.77. The average molecular weight is 295 g/mol. The van der Waals surface area contributed by atoms with Crippen molar-refractivity contribution in [1.29, 1.82) is 5.26 Å². The van der Waals surface area contributed by atoms with Crippen LogP contribution in [0.2, 0.25) is 5.02 Å². The number of anilines is 2. The van der Waals surface area contributed by atoms with E-state index in [4.69, 9.17) is 16.9 Å². The first-order valence-electron chi connectivity index (χ1n) is 5.60. The van der Waals surface area contributed by atoms with Gasteiger partial charge in [0.25, 0.3) is 0 Å². The SMILES string of the molecule is N#Cc1ccc(Nc2ccc(OC(F)F)cc2)c(Cl)c1. The van der Waals surface area contributed by atoms with Crippen LogP contribution in [-0.2, 0) is 0 Å². The van der Waals surface area contributed by atoms with Crippen molar-refractivity contribution in [1.82, 2.24) is 0 Å². The molecule has 3 nitrogen and oxygen atoms in total. The molecule has 20 heavy (non-hydrogen) atoms. The van der Waals surface area contributed by atoms with Crippen LogP contribution in [0.1, 0.15) is 5.56 Å². The zero-order valence-electron chi connectivity index (χ0n) is 10.1. The molecule has 0 heterocycles. The molecule has 6 heteroatoms. The van der Waals surface area contributed by atoms with Gasteiger partial charge in [-0.05, 0) is 42.5 Å². The van der Waals surface area contributed by atoms with E-state index in [9.17, 15) is 8.78 Å². The fraction of sp³-hybridized carbons (Fsp3) is 0.0714. The van der Waals surface area contributed by atoms with Crippen molar-refractivity contribution in [2.24, 2.45) is 0 Å². The first kappa shape index (κ1) is 14.1. The van der Waals surface area contributed by atoms with Gasteiger partial charge < -0.3 is 10.1 Å². The molecule has 0 aliphatic carbocycles. The first-order valence-corrected chi connectivity index (χ1v) is 5.98. The van der Waals surface area contributed by atoms with Crippen molar-refractivity contribution in [2.45, 2.75) is 6.61 Å². The predicted molar refractivity (Wildman–Crippen MR) is 72.5 cm³/mol. The van der Waals surface area contributed by atoms with E-state index in [0.29, 0.717) is 22.0 Å². The number of alkyl halides is 2. The molecule has 2 rings (SSSR count). The number of nitrogens with zero attached hydrogens (tertiary/aromatic N) is 1. The molecule has 0 saturated heterocycles. The molecule has 0 amide bonds. The second-order valence-electron chi connectivity index (χ2n) is 3.83. The van der Waals surface area contributed by atoms with Crippen LogP contribution in [0.3, 0.4) is 0 Å². The number of ether oxygens (including phenoxy) is 1. The number of hydrogen-bond donors (Lipinski definition) is 1. The van der Waals surface area contributed by atoms with Crippen molar-refractivity contribution in [3.8, 4) is 11.8 Å². The van der Waals surface area contributed by atoms with Gasteiger partial charge in [0.2, 0.25) is 0 Å². The molecular formula is C14H9ClF2N2O. The summed E-state index contributed by atoms with van der Waals surface area (Å²) in [6.07, 6.45) is 0. The molecule has 0 unspecified atom stereocenters. The molecule has 0 radical (unpaired) electrons. The summed E-state index contributed by atoms with van der Waals surface area (Å²) >= 11 is 6.02. The van der Waals surface area contributed by atoms with E-state index >= 15 is 0 Å². The third kappa shape index (κ3) is 3.59. The Morgan fingerprint density at radius 3 is 2.40 bits per heavy atom. The fourth-order valence-electron chi connectivity index (χ4n) is 1.56. The fourth-order valence-corrected chi connectivity index (χ4v) is 1.79. The maximum absolute atomic E-state index is 12.0. The van der Waals surface area contributed by atoms with E-state index in [1.165, 1.54) is 18.2 Å². The number of rotatable bonds is 4. The summed E-state index contributed by atoms with van der Waals surface area (Å²) in [6, 6.07) is 12.8. The van der Waals surface area contributed by atoms with Gasteiger partial charge in [0.15, 0.2) is 0 Å². The van der Waals surface area contributed by atoms with Gasteiger partial charge in [0.05, 0.1) is 22.3 Å². The number of halogens is 3. The maximum Gasteiger partial charge on any atom is 0.387 e. The molecule has 0 spiro atoms. The van der Waals surface area contributed by atoms with Gasteiger partial charge >= 0.3 is 6.61 Å². The van der Waals surface area contributed by atoms with Gasteiger partial charge in [-0.25, -0.2) is 0 Å². The Labute approximate surface area is 119 Å². The highest BCUT2D eigenvalue weighted by atomic mass is 35.5. The molecule has 1 N–H and O–H groups in total. The van der Waals surface area contributed by atoms with Gasteiger partial charge in [0.1, 0.15) is 5.75 Å². The van der Waals surface area contributed by atoms with E-state index in [1.807, 2.05) is 6.07 Å². The van der Waals surface area contributed by atoms with Crippen molar-refractivity contribution in [2.75, 3.05) is 5.32 Å². The lowest BCUT2D eigenvalue weighted by atomic mass is 10.2. The molecule has 0 aliphatic rings. The Morgan fingerprint density at radius 2 is 1.85 bits per heavy atom. The summed E-state index contributed by atoms with van der Waals surface area (Å²) in [4.78, 5) is 0. The largest absolute Gasteiger partial charge is 0.435 e. The zero-order chi connectivity index (χ0) is 14.5. The molecule has 0 bridgehead atoms. The van der Waals surface area contributed by atoms with Crippen LogP contribution in [-0.4, -0.2) is 6.61 Å². The molecule has 2 aromatic rings. The van der Waals surface area contributed by atoms with Crippen molar-refractivity contribution >= 4 is 23.0 Å². The second-order valence-corrected chi connectivity index (χ2v) is 4.24. The van der Waals surface area contributed by atoms with Gasteiger partial charge in [-0.1, -0.05) is 11.6 Å². The number of nitrogens with one attached hydrogen (secondary N) is 1. The van der Waals surface area contributed by atoms with E-state index in [-0.39, 0.29) is 5.75 Å². The monoisotopic (exact) mass is 294 g/mol. The summed E-state index contributed by atoms with van der Waals surface area (Å²) in [6.45, 7) is -2.85. The van der Waals surface area contributed by atoms with Crippen molar-refractivity contribution < 1.29 is 13.5 Å². The predicted octanol–water partition coefficient (Wildman–Crippen LogP) is 4.56. The van der Waals surface area contributed by atoms with Crippen LogP contribution >= 0.6 is 11.6 Å². The van der Waals surface area contributed by atoms with Gasteiger partial charge in [-0.15, -0.1) is 0 Å². The Morgan fingerprint density at radius 1 is 1.15 bits per heavy atom. The topological polar surface area (TPSA) is 45.0 Å². The average Bonchev–Trinajstić information content (AvgIpc) is 2.42. The highest BCUT2D eigenvalue weighted by molar-refractivity contribution is 6.33. The third-order valence-electron chi connectivity index (χ3n) is 2.46. The summed E-state index contributed by atoms with van der Waals surface area (Å²) in [5.41, 5.74) is 1.74.